The van der Waals surface area contributed by atoms with E-state index in [-0.39, 0.29) is 0 Å². The average Bonchev–Trinajstić information content (AvgIpc) is 2.96. The van der Waals surface area contributed by atoms with E-state index in [2.05, 4.69) is 31.0 Å². The van der Waals surface area contributed by atoms with Crippen LogP contribution in [-0.2, 0) is 4.74 Å². The second-order valence-corrected chi connectivity index (χ2v) is 7.17. The fourth-order valence-corrected chi connectivity index (χ4v) is 3.96. The molecule has 2 atom stereocenters. The quantitative estimate of drug-likeness (QED) is 0.695. The summed E-state index contributed by atoms with van der Waals surface area (Å²) in [4.78, 5) is 2.65. The summed E-state index contributed by atoms with van der Waals surface area (Å²) in [5, 5.41) is 3.49. The van der Waals surface area contributed by atoms with E-state index < -0.39 is 0 Å². The molecule has 2 aliphatic heterocycles. The predicted octanol–water partition coefficient (Wildman–Crippen LogP) is 3.44. The Kier molecular flexibility index (Phi) is 6.97. The van der Waals surface area contributed by atoms with Gasteiger partial charge in [0.2, 0.25) is 0 Å². The molecule has 0 saturated carbocycles. The van der Waals surface area contributed by atoms with Crippen molar-refractivity contribution in [3.05, 3.63) is 0 Å². The molecule has 2 unspecified atom stereocenters. The van der Waals surface area contributed by atoms with E-state index in [1.165, 1.54) is 58.0 Å². The molecule has 2 rings (SSSR count). The fraction of sp³-hybridized carbons (Fsp3) is 1.00. The molecule has 2 aliphatic rings. The molecule has 2 saturated heterocycles. The average molecular weight is 296 g/mol. The van der Waals surface area contributed by atoms with Gasteiger partial charge in [-0.05, 0) is 57.2 Å². The first-order valence-electron chi connectivity index (χ1n) is 9.30. The summed E-state index contributed by atoms with van der Waals surface area (Å²) in [6.45, 7) is 12.8. The molecule has 0 amide bonds. The molecular weight excluding hydrogens is 260 g/mol. The maximum absolute atomic E-state index is 6.21. The van der Waals surface area contributed by atoms with Crippen molar-refractivity contribution in [3.63, 3.8) is 0 Å². The maximum atomic E-state index is 6.21. The normalized spacial score (nSPS) is 29.9. The van der Waals surface area contributed by atoms with Crippen LogP contribution in [0.2, 0.25) is 0 Å². The topological polar surface area (TPSA) is 24.5 Å². The smallest absolute Gasteiger partial charge is 0.0707 e. The summed E-state index contributed by atoms with van der Waals surface area (Å²) in [5.74, 6) is 0. The second-order valence-electron chi connectivity index (χ2n) is 7.17. The van der Waals surface area contributed by atoms with E-state index in [9.17, 15) is 0 Å². The van der Waals surface area contributed by atoms with Crippen LogP contribution in [0.1, 0.15) is 65.7 Å². The Bertz CT molecular complexity index is 281. The van der Waals surface area contributed by atoms with Crippen LogP contribution in [0.25, 0.3) is 0 Å². The number of hydrogen-bond donors (Lipinski definition) is 1. The van der Waals surface area contributed by atoms with Crippen molar-refractivity contribution in [2.45, 2.75) is 77.9 Å². The Balaban J connectivity index is 1.65. The molecule has 0 aromatic heterocycles. The van der Waals surface area contributed by atoms with E-state index in [0.29, 0.717) is 17.6 Å². The van der Waals surface area contributed by atoms with Gasteiger partial charge < -0.3 is 15.0 Å². The fourth-order valence-electron chi connectivity index (χ4n) is 3.96. The van der Waals surface area contributed by atoms with Crippen LogP contribution < -0.4 is 5.32 Å². The predicted molar refractivity (Wildman–Crippen MR) is 89.7 cm³/mol. The van der Waals surface area contributed by atoms with E-state index >= 15 is 0 Å². The summed E-state index contributed by atoms with van der Waals surface area (Å²) in [6.07, 6.45) is 10.1. The molecule has 1 N–H and O–H groups in total. The molecule has 3 nitrogen and oxygen atoms in total. The van der Waals surface area contributed by atoms with E-state index in [4.69, 9.17) is 4.74 Å². The van der Waals surface area contributed by atoms with Crippen LogP contribution >= 0.6 is 0 Å². The van der Waals surface area contributed by atoms with E-state index in [0.717, 1.165) is 19.6 Å². The molecule has 2 heterocycles. The van der Waals surface area contributed by atoms with Crippen LogP contribution in [0.15, 0.2) is 0 Å². The summed E-state index contributed by atoms with van der Waals surface area (Å²) >= 11 is 0. The second kappa shape index (κ2) is 8.50. The van der Waals surface area contributed by atoms with Gasteiger partial charge in [-0.15, -0.1) is 0 Å². The number of likely N-dealkylation sites (tertiary alicyclic amines) is 1. The molecule has 0 aliphatic carbocycles. The molecule has 0 aromatic rings. The van der Waals surface area contributed by atoms with Gasteiger partial charge in [0.05, 0.1) is 12.2 Å². The van der Waals surface area contributed by atoms with Gasteiger partial charge in [0.15, 0.2) is 0 Å². The molecule has 0 spiro atoms. The van der Waals surface area contributed by atoms with Crippen molar-refractivity contribution < 1.29 is 4.74 Å². The number of nitrogens with one attached hydrogen (secondary N) is 1. The third-order valence-corrected chi connectivity index (χ3v) is 5.87. The zero-order valence-corrected chi connectivity index (χ0v) is 14.5. The lowest BCUT2D eigenvalue weighted by Gasteiger charge is -2.41. The largest absolute Gasteiger partial charge is 0.372 e. The Morgan fingerprint density at radius 3 is 2.33 bits per heavy atom. The van der Waals surface area contributed by atoms with E-state index in [1.54, 1.807) is 0 Å². The van der Waals surface area contributed by atoms with Crippen molar-refractivity contribution in [2.75, 3.05) is 32.7 Å². The van der Waals surface area contributed by atoms with E-state index in [1.807, 2.05) is 0 Å². The van der Waals surface area contributed by atoms with Gasteiger partial charge in [-0.2, -0.15) is 0 Å². The molecular formula is C18H36N2O. The first-order valence-corrected chi connectivity index (χ1v) is 9.30. The molecule has 0 aromatic carbocycles. The summed E-state index contributed by atoms with van der Waals surface area (Å²) in [7, 11) is 0. The molecule has 2 fully saturated rings. The van der Waals surface area contributed by atoms with Gasteiger partial charge >= 0.3 is 0 Å². The highest BCUT2D eigenvalue weighted by atomic mass is 16.5. The lowest BCUT2D eigenvalue weighted by molar-refractivity contribution is 0.00647. The van der Waals surface area contributed by atoms with Crippen LogP contribution in [0.3, 0.4) is 0 Å². The molecule has 0 bridgehead atoms. The van der Waals surface area contributed by atoms with Crippen LogP contribution in [0.4, 0.5) is 0 Å². The number of piperidine rings is 1. The maximum Gasteiger partial charge on any atom is 0.0707 e. The highest BCUT2D eigenvalue weighted by molar-refractivity contribution is 4.86. The van der Waals surface area contributed by atoms with Crippen molar-refractivity contribution in [3.8, 4) is 0 Å². The Hall–Kier alpha value is -0.120. The Labute approximate surface area is 131 Å². The van der Waals surface area contributed by atoms with Gasteiger partial charge in [0.1, 0.15) is 0 Å². The number of rotatable bonds is 8. The monoisotopic (exact) mass is 296 g/mol. The first-order chi connectivity index (χ1) is 10.2. The highest BCUT2D eigenvalue weighted by Crippen LogP contribution is 2.38. The third kappa shape index (κ3) is 4.94. The van der Waals surface area contributed by atoms with Gasteiger partial charge in [0.25, 0.3) is 0 Å². The number of nitrogens with zero attached hydrogens (tertiary/aromatic N) is 1. The van der Waals surface area contributed by atoms with Crippen molar-refractivity contribution in [1.29, 1.82) is 0 Å². The molecule has 0 radical (unpaired) electrons. The van der Waals surface area contributed by atoms with Gasteiger partial charge in [-0.25, -0.2) is 0 Å². The first kappa shape index (κ1) is 17.2. The Morgan fingerprint density at radius 2 is 1.71 bits per heavy atom. The lowest BCUT2D eigenvalue weighted by Crippen LogP contribution is -2.43. The standard InChI is InChI=1S/C18H36N2O/c1-4-11-19-14-16-7-8-17(21-16)15-20-12-9-18(5-2,6-3)10-13-20/h16-17,19H,4-15H2,1-3H3. The molecule has 124 valence electrons. The summed E-state index contributed by atoms with van der Waals surface area (Å²) in [5.41, 5.74) is 0.639. The van der Waals surface area contributed by atoms with Crippen LogP contribution in [0.5, 0.6) is 0 Å². The number of ether oxygens (including phenoxy) is 1. The van der Waals surface area contributed by atoms with Gasteiger partial charge in [-0.1, -0.05) is 33.6 Å². The minimum atomic E-state index is 0.455. The molecule has 3 heteroatoms. The van der Waals surface area contributed by atoms with Gasteiger partial charge in [0, 0.05) is 13.1 Å². The minimum absolute atomic E-state index is 0.455. The Morgan fingerprint density at radius 1 is 1.05 bits per heavy atom. The lowest BCUT2D eigenvalue weighted by atomic mass is 9.74. The van der Waals surface area contributed by atoms with Crippen molar-refractivity contribution >= 4 is 0 Å². The molecule has 21 heavy (non-hydrogen) atoms. The third-order valence-electron chi connectivity index (χ3n) is 5.87. The summed E-state index contributed by atoms with van der Waals surface area (Å²) < 4.78 is 6.21. The zero-order chi connectivity index (χ0) is 15.1. The SMILES string of the molecule is CCCNCC1CCC(CN2CCC(CC)(CC)CC2)O1. The highest BCUT2D eigenvalue weighted by Gasteiger charge is 2.33. The van der Waals surface area contributed by atoms with Crippen LogP contribution in [-0.4, -0.2) is 49.8 Å². The van der Waals surface area contributed by atoms with Crippen molar-refractivity contribution in [2.24, 2.45) is 5.41 Å². The van der Waals surface area contributed by atoms with Crippen molar-refractivity contribution in [1.82, 2.24) is 10.2 Å². The number of hydrogen-bond acceptors (Lipinski definition) is 3. The summed E-state index contributed by atoms with van der Waals surface area (Å²) in [6, 6.07) is 0. The zero-order valence-electron chi connectivity index (χ0n) is 14.5. The van der Waals surface area contributed by atoms with Gasteiger partial charge in [-0.3, -0.25) is 0 Å². The minimum Gasteiger partial charge on any atom is -0.372 e. The van der Waals surface area contributed by atoms with Crippen LogP contribution in [0, 0.1) is 5.41 Å².